The molecule has 0 radical (unpaired) electrons. The summed E-state index contributed by atoms with van der Waals surface area (Å²) in [7, 11) is 0. The lowest BCUT2D eigenvalue weighted by Crippen LogP contribution is -2.02. The summed E-state index contributed by atoms with van der Waals surface area (Å²) in [6.07, 6.45) is 8.24. The maximum Gasteiger partial charge on any atom is 0.117 e. The molecule has 4 rings (SSSR count). The molecule has 0 aromatic heterocycles. The van der Waals surface area contributed by atoms with Crippen molar-refractivity contribution in [3.8, 4) is 11.1 Å². The Morgan fingerprint density at radius 1 is 0.714 bits per heavy atom. The lowest BCUT2D eigenvalue weighted by atomic mass is 9.97. The fourth-order valence-electron chi connectivity index (χ4n) is 2.70. The van der Waals surface area contributed by atoms with Crippen LogP contribution in [0.5, 0.6) is 0 Å². The Balaban J connectivity index is 1.71. The van der Waals surface area contributed by atoms with Crippen LogP contribution in [-0.2, 0) is 0 Å². The van der Waals surface area contributed by atoms with Crippen molar-refractivity contribution < 1.29 is 0 Å². The van der Waals surface area contributed by atoms with Gasteiger partial charge in [-0.2, -0.15) is 10.2 Å². The van der Waals surface area contributed by atoms with Crippen LogP contribution >= 0.6 is 0 Å². The zero-order chi connectivity index (χ0) is 14.1. The quantitative estimate of drug-likeness (QED) is 0.731. The number of allylic oxidation sites excluding steroid dienone is 2. The molecule has 1 aliphatic heterocycles. The second-order valence-corrected chi connectivity index (χ2v) is 5.15. The first kappa shape index (κ1) is 12.0. The predicted molar refractivity (Wildman–Crippen MR) is 85.7 cm³/mol. The van der Waals surface area contributed by atoms with Crippen LogP contribution in [0.1, 0.15) is 5.56 Å². The molecular weight excluding hydrogens is 256 g/mol. The Labute approximate surface area is 123 Å². The average molecular weight is 270 g/mol. The Morgan fingerprint density at radius 2 is 1.43 bits per heavy atom. The normalized spacial score (nSPS) is 19.1. The summed E-state index contributed by atoms with van der Waals surface area (Å²) in [5, 5.41) is 8.66. The lowest BCUT2D eigenvalue weighted by molar-refractivity contribution is 0.945. The topological polar surface area (TPSA) is 24.7 Å². The summed E-state index contributed by atoms with van der Waals surface area (Å²) < 4.78 is 0. The monoisotopic (exact) mass is 270 g/mol. The number of hydrogen-bond acceptors (Lipinski definition) is 2. The van der Waals surface area contributed by atoms with Crippen LogP contribution < -0.4 is 0 Å². The van der Waals surface area contributed by atoms with Crippen LogP contribution in [0.4, 0.5) is 0 Å². The van der Waals surface area contributed by atoms with Crippen molar-refractivity contribution in [3.63, 3.8) is 0 Å². The molecular formula is C19H14N2. The van der Waals surface area contributed by atoms with Crippen molar-refractivity contribution in [1.82, 2.24) is 0 Å². The van der Waals surface area contributed by atoms with Gasteiger partial charge in [0.2, 0.25) is 0 Å². The second kappa shape index (κ2) is 4.98. The van der Waals surface area contributed by atoms with Crippen molar-refractivity contribution in [3.05, 3.63) is 90.0 Å². The van der Waals surface area contributed by atoms with E-state index in [4.69, 9.17) is 0 Å². The van der Waals surface area contributed by atoms with Crippen molar-refractivity contribution in [1.29, 1.82) is 0 Å². The Morgan fingerprint density at radius 3 is 2.24 bits per heavy atom. The molecule has 2 aromatic carbocycles. The SMILES string of the molecule is C1=CC2=C(c3ccc(-c4ccccc4)cc3)N=NC2C=C1. The maximum absolute atomic E-state index is 4.36. The maximum atomic E-state index is 4.36. The summed E-state index contributed by atoms with van der Waals surface area (Å²) in [6, 6.07) is 19.0. The molecule has 1 atom stereocenters. The van der Waals surface area contributed by atoms with Crippen LogP contribution in [-0.4, -0.2) is 6.04 Å². The summed E-state index contributed by atoms with van der Waals surface area (Å²) in [5.41, 5.74) is 5.74. The van der Waals surface area contributed by atoms with Gasteiger partial charge in [0.1, 0.15) is 6.04 Å². The van der Waals surface area contributed by atoms with E-state index in [2.05, 4.69) is 70.9 Å². The summed E-state index contributed by atoms with van der Waals surface area (Å²) in [4.78, 5) is 0. The van der Waals surface area contributed by atoms with Gasteiger partial charge in [-0.05, 0) is 11.1 Å². The second-order valence-electron chi connectivity index (χ2n) is 5.15. The summed E-state index contributed by atoms with van der Waals surface area (Å²) in [6.45, 7) is 0. The van der Waals surface area contributed by atoms with E-state index >= 15 is 0 Å². The van der Waals surface area contributed by atoms with Gasteiger partial charge in [-0.25, -0.2) is 0 Å². The van der Waals surface area contributed by atoms with Gasteiger partial charge in [0.15, 0.2) is 0 Å². The smallest absolute Gasteiger partial charge is 0.117 e. The van der Waals surface area contributed by atoms with Crippen LogP contribution in [0.25, 0.3) is 16.8 Å². The first-order valence-corrected chi connectivity index (χ1v) is 7.07. The number of azo groups is 1. The van der Waals surface area contributed by atoms with Crippen molar-refractivity contribution in [2.75, 3.05) is 0 Å². The van der Waals surface area contributed by atoms with E-state index in [1.165, 1.54) is 16.7 Å². The van der Waals surface area contributed by atoms with Crippen molar-refractivity contribution in [2.45, 2.75) is 6.04 Å². The van der Waals surface area contributed by atoms with Gasteiger partial charge in [-0.15, -0.1) is 0 Å². The molecule has 0 saturated carbocycles. The van der Waals surface area contributed by atoms with E-state index in [0.29, 0.717) is 0 Å². The molecule has 0 saturated heterocycles. The van der Waals surface area contributed by atoms with E-state index in [-0.39, 0.29) is 6.04 Å². The highest BCUT2D eigenvalue weighted by Gasteiger charge is 2.21. The molecule has 2 heteroatoms. The zero-order valence-electron chi connectivity index (χ0n) is 11.5. The van der Waals surface area contributed by atoms with E-state index in [1.54, 1.807) is 0 Å². The van der Waals surface area contributed by atoms with Gasteiger partial charge in [0, 0.05) is 11.1 Å². The van der Waals surface area contributed by atoms with Crippen molar-refractivity contribution in [2.24, 2.45) is 10.2 Å². The first-order chi connectivity index (χ1) is 10.4. The summed E-state index contributed by atoms with van der Waals surface area (Å²) in [5.74, 6) is 0. The molecule has 2 aliphatic rings. The minimum absolute atomic E-state index is 0.0961. The van der Waals surface area contributed by atoms with Gasteiger partial charge in [-0.1, -0.05) is 78.9 Å². The Kier molecular flexibility index (Phi) is 2.86. The van der Waals surface area contributed by atoms with Gasteiger partial charge < -0.3 is 0 Å². The van der Waals surface area contributed by atoms with Crippen LogP contribution in [0.15, 0.2) is 94.7 Å². The zero-order valence-corrected chi connectivity index (χ0v) is 11.5. The number of fused-ring (bicyclic) bond motifs is 1. The number of rotatable bonds is 2. The molecule has 1 unspecified atom stereocenters. The van der Waals surface area contributed by atoms with Crippen molar-refractivity contribution >= 4 is 5.70 Å². The highest BCUT2D eigenvalue weighted by molar-refractivity contribution is 5.75. The summed E-state index contributed by atoms with van der Waals surface area (Å²) >= 11 is 0. The molecule has 21 heavy (non-hydrogen) atoms. The van der Waals surface area contributed by atoms with Crippen LogP contribution in [0, 0.1) is 0 Å². The van der Waals surface area contributed by atoms with Gasteiger partial charge in [0.05, 0.1) is 5.70 Å². The van der Waals surface area contributed by atoms with Gasteiger partial charge in [0.25, 0.3) is 0 Å². The van der Waals surface area contributed by atoms with E-state index in [9.17, 15) is 0 Å². The van der Waals surface area contributed by atoms with E-state index in [0.717, 1.165) is 11.3 Å². The molecule has 1 heterocycles. The van der Waals surface area contributed by atoms with E-state index < -0.39 is 0 Å². The Bertz CT molecular complexity index is 778. The molecule has 0 bridgehead atoms. The number of hydrogen-bond donors (Lipinski definition) is 0. The Hall–Kier alpha value is -2.74. The molecule has 0 fully saturated rings. The molecule has 0 spiro atoms. The highest BCUT2D eigenvalue weighted by atomic mass is 15.2. The number of nitrogens with zero attached hydrogens (tertiary/aromatic N) is 2. The third-order valence-corrected chi connectivity index (χ3v) is 3.82. The molecule has 1 aliphatic carbocycles. The van der Waals surface area contributed by atoms with Gasteiger partial charge in [-0.3, -0.25) is 0 Å². The standard InChI is InChI=1S/C19H14N2/c1-2-6-14(7-3-1)15-10-12-16(13-11-15)19-17-8-4-5-9-18(17)20-21-19/h1-13,18H. The van der Waals surface area contributed by atoms with Crippen LogP contribution in [0.2, 0.25) is 0 Å². The molecule has 2 aromatic rings. The van der Waals surface area contributed by atoms with Gasteiger partial charge >= 0.3 is 0 Å². The number of benzene rings is 2. The molecule has 2 nitrogen and oxygen atoms in total. The average Bonchev–Trinajstić information content (AvgIpc) is 3.00. The molecule has 0 N–H and O–H groups in total. The first-order valence-electron chi connectivity index (χ1n) is 7.07. The molecule has 0 amide bonds. The molecule has 100 valence electrons. The van der Waals surface area contributed by atoms with E-state index in [1.807, 2.05) is 18.2 Å². The third-order valence-electron chi connectivity index (χ3n) is 3.82. The largest absolute Gasteiger partial charge is 0.176 e. The highest BCUT2D eigenvalue weighted by Crippen LogP contribution is 2.34. The fourth-order valence-corrected chi connectivity index (χ4v) is 2.70. The minimum Gasteiger partial charge on any atom is -0.176 e. The lowest BCUT2D eigenvalue weighted by Gasteiger charge is -2.08. The predicted octanol–water partition coefficient (Wildman–Crippen LogP) is 5.03. The van der Waals surface area contributed by atoms with Crippen LogP contribution in [0.3, 0.4) is 0 Å². The fraction of sp³-hybridized carbons (Fsp3) is 0.0526. The third kappa shape index (κ3) is 2.15. The minimum atomic E-state index is 0.0961.